The molecule has 1 aliphatic heterocycles. The first-order valence-corrected chi connectivity index (χ1v) is 18.9. The second-order valence-corrected chi connectivity index (χ2v) is 14.3. The molecular formula is C36H48N2O6S2. The van der Waals surface area contributed by atoms with Crippen LogP contribution in [0.5, 0.6) is 11.5 Å². The van der Waals surface area contributed by atoms with Gasteiger partial charge in [0.25, 0.3) is 0 Å². The second-order valence-electron chi connectivity index (χ2n) is 11.6. The van der Waals surface area contributed by atoms with Crippen LogP contribution in [0.2, 0.25) is 0 Å². The largest absolute Gasteiger partial charge is 0.497 e. The molecule has 8 nitrogen and oxygen atoms in total. The maximum absolute atomic E-state index is 15.2. The molecule has 0 fully saturated rings. The Bertz CT molecular complexity index is 1520. The van der Waals surface area contributed by atoms with Gasteiger partial charge < -0.3 is 19.1 Å². The van der Waals surface area contributed by atoms with Crippen molar-refractivity contribution in [2.45, 2.75) is 87.6 Å². The van der Waals surface area contributed by atoms with Crippen molar-refractivity contribution in [2.75, 3.05) is 38.0 Å². The molecule has 0 atom stereocenters. The maximum atomic E-state index is 15.2. The van der Waals surface area contributed by atoms with Crippen molar-refractivity contribution in [2.24, 2.45) is 0 Å². The van der Waals surface area contributed by atoms with Crippen LogP contribution >= 0.6 is 11.8 Å². The summed E-state index contributed by atoms with van der Waals surface area (Å²) in [5.74, 6) is 0.805. The highest BCUT2D eigenvalue weighted by Crippen LogP contribution is 2.48. The van der Waals surface area contributed by atoms with E-state index in [1.807, 2.05) is 66.9 Å². The third-order valence-corrected chi connectivity index (χ3v) is 11.2. The zero-order valence-electron chi connectivity index (χ0n) is 27.8. The Labute approximate surface area is 279 Å². The van der Waals surface area contributed by atoms with E-state index in [4.69, 9.17) is 14.2 Å². The number of fused-ring (bicyclic) bond motifs is 1. The number of para-hydroxylation sites is 1. The summed E-state index contributed by atoms with van der Waals surface area (Å²) in [6.45, 7) is 7.19. The molecule has 0 N–H and O–H groups in total. The van der Waals surface area contributed by atoms with Gasteiger partial charge in [-0.15, -0.1) is 11.8 Å². The number of rotatable bonds is 16. The molecule has 10 heteroatoms. The number of thioether (sulfide) groups is 1. The molecule has 0 amide bonds. The lowest BCUT2D eigenvalue weighted by atomic mass is 9.85. The molecule has 46 heavy (non-hydrogen) atoms. The predicted molar refractivity (Wildman–Crippen MR) is 186 cm³/mol. The number of unbranched alkanes of at least 4 members (excludes halogenated alkanes) is 2. The van der Waals surface area contributed by atoms with Gasteiger partial charge >= 0.3 is 5.97 Å². The Balaban J connectivity index is 1.94. The van der Waals surface area contributed by atoms with E-state index in [-0.39, 0.29) is 30.4 Å². The van der Waals surface area contributed by atoms with Crippen LogP contribution in [0.1, 0.15) is 71.3 Å². The van der Waals surface area contributed by atoms with Gasteiger partial charge in [-0.1, -0.05) is 69.9 Å². The fourth-order valence-corrected chi connectivity index (χ4v) is 8.61. The number of hydrogen-bond donors (Lipinski definition) is 0. The Morgan fingerprint density at radius 2 is 1.63 bits per heavy atom. The van der Waals surface area contributed by atoms with Gasteiger partial charge in [-0.05, 0) is 61.9 Å². The lowest BCUT2D eigenvalue weighted by Crippen LogP contribution is -2.55. The highest BCUT2D eigenvalue weighted by atomic mass is 32.2. The van der Waals surface area contributed by atoms with Crippen molar-refractivity contribution >= 4 is 39.1 Å². The van der Waals surface area contributed by atoms with E-state index in [2.05, 4.69) is 18.7 Å². The van der Waals surface area contributed by atoms with Crippen molar-refractivity contribution < 1.29 is 27.4 Å². The monoisotopic (exact) mass is 668 g/mol. The molecule has 0 bridgehead atoms. The van der Waals surface area contributed by atoms with Gasteiger partial charge in [-0.3, -0.25) is 4.79 Å². The van der Waals surface area contributed by atoms with Gasteiger partial charge in [0.1, 0.15) is 16.4 Å². The van der Waals surface area contributed by atoms with Crippen LogP contribution in [-0.2, 0) is 26.1 Å². The Morgan fingerprint density at radius 1 is 0.957 bits per heavy atom. The first kappa shape index (κ1) is 35.6. The number of hydrogen-bond acceptors (Lipinski definition) is 8. The molecule has 1 aliphatic rings. The summed E-state index contributed by atoms with van der Waals surface area (Å²) in [6.07, 6.45) is 7.19. The Kier molecular flexibility index (Phi) is 12.8. The summed E-state index contributed by atoms with van der Waals surface area (Å²) in [5, 5.41) is 0. The number of carbonyl (C=O) groups is 1. The molecule has 0 saturated heterocycles. The van der Waals surface area contributed by atoms with Crippen LogP contribution in [0, 0.1) is 0 Å². The molecule has 1 heterocycles. The standard InChI is InChI=1S/C36H48N2O6S2/c1-6-9-21-36(22-10-7-2)27-37(29-14-12-11-13-15-29)31-24-33(45-5)32(44-23-20-35(39)43-8-3)25-34(31)46(40,41)38(36)26-28-16-18-30(42-4)19-17-28/h11-19,24-25H,6-10,20-23,26-27H2,1-5H3. The second kappa shape index (κ2) is 16.6. The summed E-state index contributed by atoms with van der Waals surface area (Å²) in [6, 6.07) is 21.3. The third kappa shape index (κ3) is 8.19. The normalized spacial score (nSPS) is 15.5. The van der Waals surface area contributed by atoms with E-state index in [1.165, 1.54) is 11.8 Å². The number of nitrogens with zero attached hydrogens (tertiary/aromatic N) is 2. The minimum absolute atomic E-state index is 0.0718. The molecule has 0 aromatic heterocycles. The predicted octanol–water partition coefficient (Wildman–Crippen LogP) is 8.21. The molecule has 250 valence electrons. The molecule has 0 radical (unpaired) electrons. The highest BCUT2D eigenvalue weighted by Gasteiger charge is 2.49. The van der Waals surface area contributed by atoms with Crippen LogP contribution in [-0.4, -0.2) is 57.4 Å². The van der Waals surface area contributed by atoms with Gasteiger partial charge in [0, 0.05) is 24.8 Å². The van der Waals surface area contributed by atoms with Crippen molar-refractivity contribution in [3.63, 3.8) is 0 Å². The number of carbonyl (C=O) groups excluding carboxylic acids is 1. The molecule has 0 aliphatic carbocycles. The molecule has 0 spiro atoms. The smallest absolute Gasteiger partial charge is 0.309 e. The summed E-state index contributed by atoms with van der Waals surface area (Å²) in [7, 11) is -2.44. The number of benzene rings is 3. The number of methoxy groups -OCH3 is 1. The molecule has 3 aromatic carbocycles. The minimum atomic E-state index is -4.06. The number of esters is 1. The zero-order valence-corrected chi connectivity index (χ0v) is 29.4. The van der Waals surface area contributed by atoms with Gasteiger partial charge in [0.2, 0.25) is 10.0 Å². The fraction of sp³-hybridized carbons (Fsp3) is 0.472. The molecular weight excluding hydrogens is 621 g/mol. The third-order valence-electron chi connectivity index (χ3n) is 8.50. The Morgan fingerprint density at radius 3 is 2.22 bits per heavy atom. The number of ether oxygens (including phenoxy) is 3. The summed E-state index contributed by atoms with van der Waals surface area (Å²) >= 11 is 1.49. The van der Waals surface area contributed by atoms with Crippen molar-refractivity contribution in [3.8, 4) is 11.5 Å². The van der Waals surface area contributed by atoms with E-state index in [1.54, 1.807) is 24.4 Å². The fourth-order valence-electron chi connectivity index (χ4n) is 6.06. The lowest BCUT2D eigenvalue weighted by Gasteiger charge is -2.44. The van der Waals surface area contributed by atoms with Gasteiger partial charge in [-0.25, -0.2) is 8.42 Å². The lowest BCUT2D eigenvalue weighted by molar-refractivity contribution is -0.143. The summed E-state index contributed by atoms with van der Waals surface area (Å²) in [5.41, 5.74) is 1.78. The number of sulfonamides is 1. The zero-order chi connectivity index (χ0) is 33.2. The van der Waals surface area contributed by atoms with Crippen molar-refractivity contribution in [1.29, 1.82) is 0 Å². The van der Waals surface area contributed by atoms with E-state index >= 15 is 8.42 Å². The average Bonchev–Trinajstić information content (AvgIpc) is 3.14. The maximum Gasteiger partial charge on any atom is 0.309 e. The van der Waals surface area contributed by atoms with Gasteiger partial charge in [0.15, 0.2) is 0 Å². The molecule has 0 saturated carbocycles. The SMILES string of the molecule is CCCCC1(CCCC)CN(c2ccccc2)c2cc(SC)c(OCCC(=O)OCC)cc2S(=O)(=O)N1Cc1ccc(OC)cc1. The summed E-state index contributed by atoms with van der Waals surface area (Å²) < 4.78 is 48.8. The van der Waals surface area contributed by atoms with Crippen LogP contribution in [0.3, 0.4) is 0 Å². The minimum Gasteiger partial charge on any atom is -0.497 e. The molecule has 4 rings (SSSR count). The first-order chi connectivity index (χ1) is 22.2. The van der Waals surface area contributed by atoms with E-state index in [0.717, 1.165) is 60.4 Å². The van der Waals surface area contributed by atoms with Gasteiger partial charge in [-0.2, -0.15) is 4.31 Å². The van der Waals surface area contributed by atoms with Crippen molar-refractivity contribution in [3.05, 3.63) is 72.3 Å². The quantitative estimate of drug-likeness (QED) is 0.112. The van der Waals surface area contributed by atoms with Crippen LogP contribution in [0.15, 0.2) is 76.5 Å². The van der Waals surface area contributed by atoms with E-state index < -0.39 is 15.6 Å². The van der Waals surface area contributed by atoms with E-state index in [0.29, 0.717) is 24.6 Å². The topological polar surface area (TPSA) is 85.4 Å². The van der Waals surface area contributed by atoms with Gasteiger partial charge in [0.05, 0.1) is 42.9 Å². The van der Waals surface area contributed by atoms with Crippen molar-refractivity contribution in [1.82, 2.24) is 4.31 Å². The number of anilines is 2. The van der Waals surface area contributed by atoms with E-state index in [9.17, 15) is 4.79 Å². The first-order valence-electron chi connectivity index (χ1n) is 16.2. The van der Waals surface area contributed by atoms with Crippen LogP contribution in [0.25, 0.3) is 0 Å². The summed E-state index contributed by atoms with van der Waals surface area (Å²) in [4.78, 5) is 15.2. The van der Waals surface area contributed by atoms with Crippen LogP contribution in [0.4, 0.5) is 11.4 Å². The Hall–Kier alpha value is -3.21. The molecule has 3 aromatic rings. The molecule has 0 unspecified atom stereocenters. The van der Waals surface area contributed by atoms with Crippen LogP contribution < -0.4 is 14.4 Å². The highest BCUT2D eigenvalue weighted by molar-refractivity contribution is 7.98. The average molecular weight is 669 g/mol.